The maximum Gasteiger partial charge on any atom is 0.417 e. The average Bonchev–Trinajstić information content (AvgIpc) is 2.97. The van der Waals surface area contributed by atoms with Crippen molar-refractivity contribution in [2.75, 3.05) is 11.4 Å². The van der Waals surface area contributed by atoms with Crippen LogP contribution in [0.25, 0.3) is 0 Å². The van der Waals surface area contributed by atoms with Crippen molar-refractivity contribution in [1.29, 1.82) is 0 Å². The van der Waals surface area contributed by atoms with Gasteiger partial charge in [0.1, 0.15) is 0 Å². The molecule has 1 amide bonds. The highest BCUT2D eigenvalue weighted by molar-refractivity contribution is 6.06. The molecule has 0 aliphatic heterocycles. The number of pyridine rings is 1. The number of amides is 1. The lowest BCUT2D eigenvalue weighted by molar-refractivity contribution is -0.138. The molecule has 0 radical (unpaired) electrons. The lowest BCUT2D eigenvalue weighted by atomic mass is 10.1. The second-order valence-electron chi connectivity index (χ2n) is 3.97. The zero-order valence-electron chi connectivity index (χ0n) is 10.7. The highest BCUT2D eigenvalue weighted by Crippen LogP contribution is 2.32. The van der Waals surface area contributed by atoms with Crippen molar-refractivity contribution in [2.45, 2.75) is 6.18 Å². The molecule has 0 aliphatic rings. The lowest BCUT2D eigenvalue weighted by Gasteiger charge is -2.19. The van der Waals surface area contributed by atoms with Crippen LogP contribution in [0.3, 0.4) is 0 Å². The maximum atomic E-state index is 12.9. The highest BCUT2D eigenvalue weighted by Gasteiger charge is 2.36. The van der Waals surface area contributed by atoms with E-state index in [0.717, 1.165) is 23.4 Å². The Bertz CT molecular complexity index is 638. The molecule has 2 aromatic heterocycles. The molecule has 0 saturated heterocycles. The number of alkyl halides is 3. The van der Waals surface area contributed by atoms with Gasteiger partial charge in [0.05, 0.1) is 17.3 Å². The molecule has 2 heterocycles. The summed E-state index contributed by atoms with van der Waals surface area (Å²) in [5.74, 6) is -0.871. The lowest BCUT2D eigenvalue weighted by Crippen LogP contribution is -2.32. The van der Waals surface area contributed by atoms with E-state index in [0.29, 0.717) is 0 Å². The van der Waals surface area contributed by atoms with Crippen molar-refractivity contribution in [3.05, 3.63) is 54.5 Å². The number of carbonyl (C=O) groups excluding carboxylic acids is 1. The fourth-order valence-corrected chi connectivity index (χ4v) is 1.71. The van der Waals surface area contributed by atoms with Crippen LogP contribution in [0.4, 0.5) is 19.1 Å². The summed E-state index contributed by atoms with van der Waals surface area (Å²) >= 11 is 0. The quantitative estimate of drug-likeness (QED) is 0.814. The van der Waals surface area contributed by atoms with Gasteiger partial charge in [0.2, 0.25) is 5.88 Å². The molecule has 0 saturated carbocycles. The first-order valence-electron chi connectivity index (χ1n) is 5.79. The van der Waals surface area contributed by atoms with Crippen molar-refractivity contribution >= 4 is 11.8 Å². The summed E-state index contributed by atoms with van der Waals surface area (Å²) in [5, 5.41) is 3.43. The minimum Gasteiger partial charge on any atom is -0.338 e. The Hall–Kier alpha value is -2.64. The summed E-state index contributed by atoms with van der Waals surface area (Å²) < 4.78 is 43.7. The smallest absolute Gasteiger partial charge is 0.338 e. The molecule has 0 unspecified atom stereocenters. The number of rotatable bonds is 4. The van der Waals surface area contributed by atoms with Crippen LogP contribution in [0.1, 0.15) is 15.9 Å². The van der Waals surface area contributed by atoms with Gasteiger partial charge in [-0.1, -0.05) is 11.2 Å². The van der Waals surface area contributed by atoms with Gasteiger partial charge in [-0.2, -0.15) is 13.2 Å². The minimum absolute atomic E-state index is 0.0249. The first-order chi connectivity index (χ1) is 9.95. The Kier molecular flexibility index (Phi) is 4.06. The summed E-state index contributed by atoms with van der Waals surface area (Å²) in [6.07, 6.45) is -0.157. The number of anilines is 1. The number of hydrogen-bond acceptors (Lipinski definition) is 4. The third kappa shape index (κ3) is 3.10. The monoisotopic (exact) mass is 297 g/mol. The average molecular weight is 297 g/mol. The fraction of sp³-hybridized carbons (Fsp3) is 0.154. The van der Waals surface area contributed by atoms with E-state index in [-0.39, 0.29) is 12.4 Å². The van der Waals surface area contributed by atoms with Crippen LogP contribution in [0.15, 0.2) is 47.9 Å². The second kappa shape index (κ2) is 5.78. The summed E-state index contributed by atoms with van der Waals surface area (Å²) in [4.78, 5) is 16.9. The van der Waals surface area contributed by atoms with Crippen LogP contribution in [-0.4, -0.2) is 22.6 Å². The molecular formula is C13H10F3N3O2. The number of carbonyl (C=O) groups is 1. The summed E-state index contributed by atoms with van der Waals surface area (Å²) in [6, 6.07) is 2.12. The van der Waals surface area contributed by atoms with Crippen LogP contribution >= 0.6 is 0 Å². The molecule has 0 N–H and O–H groups in total. The van der Waals surface area contributed by atoms with Gasteiger partial charge in [-0.3, -0.25) is 14.7 Å². The van der Waals surface area contributed by atoms with Crippen LogP contribution in [0, 0.1) is 0 Å². The van der Waals surface area contributed by atoms with Gasteiger partial charge in [-0.25, -0.2) is 0 Å². The second-order valence-corrected chi connectivity index (χ2v) is 3.97. The van der Waals surface area contributed by atoms with E-state index in [1.807, 2.05) is 0 Å². The molecule has 0 spiro atoms. The van der Waals surface area contributed by atoms with E-state index in [9.17, 15) is 18.0 Å². The van der Waals surface area contributed by atoms with E-state index < -0.39 is 23.2 Å². The van der Waals surface area contributed by atoms with Crippen molar-refractivity contribution in [3.8, 4) is 0 Å². The molecule has 21 heavy (non-hydrogen) atoms. The van der Waals surface area contributed by atoms with E-state index >= 15 is 0 Å². The third-order valence-electron chi connectivity index (χ3n) is 2.60. The standard InChI is InChI=1S/C13H10F3N3O2/c1-2-7-19(11-4-6-18-21-11)12(20)9-8-17-5-3-10(9)13(14,15)16/h2-6,8H,1,7H2. The Morgan fingerprint density at radius 3 is 2.71 bits per heavy atom. The van der Waals surface area contributed by atoms with Gasteiger partial charge in [-0.05, 0) is 6.07 Å². The first-order valence-corrected chi connectivity index (χ1v) is 5.79. The number of aromatic nitrogens is 2. The topological polar surface area (TPSA) is 59.2 Å². The first kappa shape index (κ1) is 14.8. The SMILES string of the molecule is C=CCN(C(=O)c1cnccc1C(F)(F)F)c1ccno1. The predicted octanol–water partition coefficient (Wildman–Crippen LogP) is 2.92. The van der Waals surface area contributed by atoms with Crippen LogP contribution in [0.5, 0.6) is 0 Å². The zero-order chi connectivity index (χ0) is 15.5. The molecule has 5 nitrogen and oxygen atoms in total. The van der Waals surface area contributed by atoms with E-state index in [4.69, 9.17) is 4.52 Å². The molecule has 8 heteroatoms. The molecule has 2 rings (SSSR count). The van der Waals surface area contributed by atoms with E-state index in [1.54, 1.807) is 0 Å². The fourth-order valence-electron chi connectivity index (χ4n) is 1.71. The van der Waals surface area contributed by atoms with E-state index in [2.05, 4.69) is 16.7 Å². The van der Waals surface area contributed by atoms with Gasteiger partial charge in [0.15, 0.2) is 0 Å². The van der Waals surface area contributed by atoms with Gasteiger partial charge in [0, 0.05) is 25.0 Å². The number of hydrogen-bond donors (Lipinski definition) is 0. The number of halogens is 3. The third-order valence-corrected chi connectivity index (χ3v) is 2.60. The summed E-state index contributed by atoms with van der Waals surface area (Å²) in [5.41, 5.74) is -1.63. The molecule has 110 valence electrons. The summed E-state index contributed by atoms with van der Waals surface area (Å²) in [7, 11) is 0. The molecule has 0 atom stereocenters. The Morgan fingerprint density at radius 1 is 1.38 bits per heavy atom. The van der Waals surface area contributed by atoms with Gasteiger partial charge >= 0.3 is 6.18 Å². The molecule has 2 aromatic rings. The molecule has 0 aliphatic carbocycles. The molecule has 0 fully saturated rings. The van der Waals surface area contributed by atoms with Gasteiger partial charge in [-0.15, -0.1) is 6.58 Å². The van der Waals surface area contributed by atoms with Gasteiger partial charge in [0.25, 0.3) is 5.91 Å². The van der Waals surface area contributed by atoms with Crippen molar-refractivity contribution in [2.24, 2.45) is 0 Å². The van der Waals surface area contributed by atoms with Crippen molar-refractivity contribution in [3.63, 3.8) is 0 Å². The van der Waals surface area contributed by atoms with Crippen molar-refractivity contribution in [1.82, 2.24) is 10.1 Å². The Labute approximate surface area is 117 Å². The van der Waals surface area contributed by atoms with E-state index in [1.165, 1.54) is 18.3 Å². The predicted molar refractivity (Wildman–Crippen MR) is 67.6 cm³/mol. The van der Waals surface area contributed by atoms with Crippen molar-refractivity contribution < 1.29 is 22.5 Å². The molecular weight excluding hydrogens is 287 g/mol. The summed E-state index contributed by atoms with van der Waals surface area (Å²) in [6.45, 7) is 3.44. The van der Waals surface area contributed by atoms with Crippen LogP contribution < -0.4 is 4.90 Å². The van der Waals surface area contributed by atoms with Crippen LogP contribution in [0.2, 0.25) is 0 Å². The largest absolute Gasteiger partial charge is 0.417 e. The zero-order valence-corrected chi connectivity index (χ0v) is 10.7. The molecule has 0 bridgehead atoms. The van der Waals surface area contributed by atoms with Gasteiger partial charge < -0.3 is 4.52 Å². The highest BCUT2D eigenvalue weighted by atomic mass is 19.4. The number of nitrogens with zero attached hydrogens (tertiary/aromatic N) is 3. The maximum absolute atomic E-state index is 12.9. The Balaban J connectivity index is 2.45. The minimum atomic E-state index is -4.66. The van der Waals surface area contributed by atoms with Crippen LogP contribution in [-0.2, 0) is 6.18 Å². The normalized spacial score (nSPS) is 11.2. The molecule has 0 aromatic carbocycles. The Morgan fingerprint density at radius 2 is 2.14 bits per heavy atom.